The molecule has 1 rings (SSSR count). The molecule has 0 N–H and O–H groups in total. The van der Waals surface area contributed by atoms with Crippen LogP contribution in [0.4, 0.5) is 0 Å². The van der Waals surface area contributed by atoms with Crippen molar-refractivity contribution in [1.29, 1.82) is 0 Å². The molecule has 0 unspecified atom stereocenters. The second-order valence-electron chi connectivity index (χ2n) is 5.52. The van der Waals surface area contributed by atoms with Gasteiger partial charge in [0.2, 0.25) is 0 Å². The van der Waals surface area contributed by atoms with Crippen LogP contribution in [0.3, 0.4) is 0 Å². The zero-order chi connectivity index (χ0) is 12.4. The van der Waals surface area contributed by atoms with Gasteiger partial charge >= 0.3 is 0 Å². The second kappa shape index (κ2) is 4.42. The summed E-state index contributed by atoms with van der Waals surface area (Å²) in [7, 11) is -1.85. The molecule has 16 heavy (non-hydrogen) atoms. The van der Waals surface area contributed by atoms with Gasteiger partial charge in [0, 0.05) is 0 Å². The second-order valence-corrected chi connectivity index (χ2v) is 10.2. The molecule has 0 saturated heterocycles. The first kappa shape index (κ1) is 13.0. The molecule has 0 atom stereocenters. The SMILES string of the molecule is CC(C)(C)[Si](C)(C)Oc1ccccc1C=O. The normalized spacial score (nSPS) is 12.3. The van der Waals surface area contributed by atoms with E-state index in [1.807, 2.05) is 18.2 Å². The number of carbonyl (C=O) groups is 1. The molecule has 0 radical (unpaired) electrons. The van der Waals surface area contributed by atoms with Crippen molar-refractivity contribution in [2.45, 2.75) is 38.9 Å². The topological polar surface area (TPSA) is 26.3 Å². The van der Waals surface area contributed by atoms with E-state index in [0.29, 0.717) is 11.3 Å². The van der Waals surface area contributed by atoms with E-state index in [1.165, 1.54) is 0 Å². The van der Waals surface area contributed by atoms with Gasteiger partial charge in [0.1, 0.15) is 5.75 Å². The molecule has 0 aliphatic carbocycles. The maximum absolute atomic E-state index is 10.9. The van der Waals surface area contributed by atoms with Gasteiger partial charge in [-0.25, -0.2) is 0 Å². The van der Waals surface area contributed by atoms with E-state index in [0.717, 1.165) is 6.29 Å². The molecule has 0 aliphatic heterocycles. The lowest BCUT2D eigenvalue weighted by Crippen LogP contribution is -2.44. The Labute approximate surface area is 98.8 Å². The molecule has 3 heteroatoms. The summed E-state index contributed by atoms with van der Waals surface area (Å²) in [5.41, 5.74) is 0.632. The lowest BCUT2D eigenvalue weighted by Gasteiger charge is -2.36. The maximum Gasteiger partial charge on any atom is 0.250 e. The van der Waals surface area contributed by atoms with Gasteiger partial charge in [0.05, 0.1) is 5.56 Å². The third-order valence-electron chi connectivity index (χ3n) is 3.22. The minimum atomic E-state index is -1.85. The van der Waals surface area contributed by atoms with Crippen molar-refractivity contribution in [3.63, 3.8) is 0 Å². The Morgan fingerprint density at radius 3 is 2.25 bits per heavy atom. The molecule has 1 aromatic carbocycles. The highest BCUT2D eigenvalue weighted by molar-refractivity contribution is 6.74. The molecule has 0 bridgehead atoms. The molecule has 1 aromatic rings. The van der Waals surface area contributed by atoms with Crippen LogP contribution in [0.15, 0.2) is 24.3 Å². The summed E-state index contributed by atoms with van der Waals surface area (Å²) in [5.74, 6) is 0.712. The lowest BCUT2D eigenvalue weighted by atomic mass is 10.2. The van der Waals surface area contributed by atoms with E-state index in [1.54, 1.807) is 6.07 Å². The molecule has 2 nitrogen and oxygen atoms in total. The van der Waals surface area contributed by atoms with Crippen molar-refractivity contribution >= 4 is 14.6 Å². The number of benzene rings is 1. The highest BCUT2D eigenvalue weighted by Crippen LogP contribution is 2.37. The lowest BCUT2D eigenvalue weighted by molar-refractivity contribution is 0.112. The number of hydrogen-bond acceptors (Lipinski definition) is 2. The van der Waals surface area contributed by atoms with Crippen molar-refractivity contribution in [3.8, 4) is 5.75 Å². The summed E-state index contributed by atoms with van der Waals surface area (Å²) in [6.07, 6.45) is 0.850. The Morgan fingerprint density at radius 2 is 1.75 bits per heavy atom. The van der Waals surface area contributed by atoms with Gasteiger partial charge in [-0.05, 0) is 30.3 Å². The third-order valence-corrected chi connectivity index (χ3v) is 7.56. The van der Waals surface area contributed by atoms with Crippen molar-refractivity contribution in [2.75, 3.05) is 0 Å². The zero-order valence-electron chi connectivity index (χ0n) is 10.7. The quantitative estimate of drug-likeness (QED) is 0.588. The van der Waals surface area contributed by atoms with Gasteiger partial charge in [-0.1, -0.05) is 32.9 Å². The number of aldehydes is 1. The van der Waals surface area contributed by atoms with Crippen molar-refractivity contribution < 1.29 is 9.22 Å². The fourth-order valence-electron chi connectivity index (χ4n) is 1.10. The predicted octanol–water partition coefficient (Wildman–Crippen LogP) is 3.88. The molecule has 0 heterocycles. The number of carbonyl (C=O) groups excluding carboxylic acids is 1. The average molecular weight is 236 g/mol. The minimum absolute atomic E-state index is 0.142. The zero-order valence-corrected chi connectivity index (χ0v) is 11.7. The first-order chi connectivity index (χ1) is 7.28. The van der Waals surface area contributed by atoms with Crippen LogP contribution >= 0.6 is 0 Å². The third kappa shape index (κ3) is 2.73. The smallest absolute Gasteiger partial charge is 0.250 e. The van der Waals surface area contributed by atoms with Gasteiger partial charge in [0.25, 0.3) is 8.32 Å². The largest absolute Gasteiger partial charge is 0.543 e. The summed E-state index contributed by atoms with van der Waals surface area (Å²) < 4.78 is 6.10. The number of rotatable bonds is 3. The Hall–Kier alpha value is -1.09. The van der Waals surface area contributed by atoms with Gasteiger partial charge in [0.15, 0.2) is 6.29 Å². The molecule has 0 aromatic heterocycles. The van der Waals surface area contributed by atoms with E-state index in [4.69, 9.17) is 4.43 Å². The summed E-state index contributed by atoms with van der Waals surface area (Å²) in [6, 6.07) is 7.40. The highest BCUT2D eigenvalue weighted by atomic mass is 28.4. The molecule has 0 spiro atoms. The van der Waals surface area contributed by atoms with Crippen LogP contribution in [0, 0.1) is 0 Å². The fourth-order valence-corrected chi connectivity index (χ4v) is 2.14. The van der Waals surface area contributed by atoms with E-state index >= 15 is 0 Å². The average Bonchev–Trinajstić information content (AvgIpc) is 2.16. The molecule has 0 amide bonds. The van der Waals surface area contributed by atoms with E-state index in [2.05, 4.69) is 33.9 Å². The van der Waals surface area contributed by atoms with Crippen LogP contribution in [0.25, 0.3) is 0 Å². The van der Waals surface area contributed by atoms with E-state index in [-0.39, 0.29) is 5.04 Å². The fraction of sp³-hybridized carbons (Fsp3) is 0.462. The van der Waals surface area contributed by atoms with E-state index < -0.39 is 8.32 Å². The number of hydrogen-bond donors (Lipinski definition) is 0. The Kier molecular flexibility index (Phi) is 3.58. The standard InChI is InChI=1S/C13H20O2Si/c1-13(2,3)16(4,5)15-12-9-7-6-8-11(12)10-14/h6-10H,1-5H3. The molecular weight excluding hydrogens is 216 g/mol. The van der Waals surface area contributed by atoms with Crippen LogP contribution in [-0.4, -0.2) is 14.6 Å². The first-order valence-corrected chi connectivity index (χ1v) is 8.42. The van der Waals surface area contributed by atoms with E-state index in [9.17, 15) is 4.79 Å². The Morgan fingerprint density at radius 1 is 1.19 bits per heavy atom. The first-order valence-electron chi connectivity index (χ1n) is 5.51. The molecule has 88 valence electrons. The monoisotopic (exact) mass is 236 g/mol. The van der Waals surface area contributed by atoms with Gasteiger partial charge in [-0.15, -0.1) is 0 Å². The van der Waals surface area contributed by atoms with Crippen LogP contribution in [0.5, 0.6) is 5.75 Å². The van der Waals surface area contributed by atoms with Gasteiger partial charge < -0.3 is 4.43 Å². The van der Waals surface area contributed by atoms with Crippen LogP contribution in [-0.2, 0) is 0 Å². The number of para-hydroxylation sites is 1. The van der Waals surface area contributed by atoms with Crippen LogP contribution < -0.4 is 4.43 Å². The van der Waals surface area contributed by atoms with Crippen molar-refractivity contribution in [2.24, 2.45) is 0 Å². The van der Waals surface area contributed by atoms with Crippen molar-refractivity contribution in [1.82, 2.24) is 0 Å². The van der Waals surface area contributed by atoms with Crippen molar-refractivity contribution in [3.05, 3.63) is 29.8 Å². The van der Waals surface area contributed by atoms with Gasteiger partial charge in [-0.2, -0.15) is 0 Å². The van der Waals surface area contributed by atoms with Crippen LogP contribution in [0.1, 0.15) is 31.1 Å². The molecule has 0 fully saturated rings. The van der Waals surface area contributed by atoms with Crippen LogP contribution in [0.2, 0.25) is 18.1 Å². The van der Waals surface area contributed by atoms with Gasteiger partial charge in [-0.3, -0.25) is 4.79 Å². The summed E-state index contributed by atoms with van der Waals surface area (Å²) in [5, 5.41) is 0.142. The summed E-state index contributed by atoms with van der Waals surface area (Å²) >= 11 is 0. The molecular formula is C13H20O2Si. The minimum Gasteiger partial charge on any atom is -0.543 e. The summed E-state index contributed by atoms with van der Waals surface area (Å²) in [6.45, 7) is 10.9. The predicted molar refractivity (Wildman–Crippen MR) is 69.7 cm³/mol. The Balaban J connectivity index is 3.01. The molecule has 0 aliphatic rings. The maximum atomic E-state index is 10.9. The Bertz CT molecular complexity index is 378. The highest BCUT2D eigenvalue weighted by Gasteiger charge is 2.39. The summed E-state index contributed by atoms with van der Waals surface area (Å²) in [4.78, 5) is 10.9. The molecule has 0 saturated carbocycles.